The number of hydrogen-bond donors (Lipinski definition) is 0. The van der Waals surface area contributed by atoms with Crippen LogP contribution in [0.4, 0.5) is 0 Å². The predicted molar refractivity (Wildman–Crippen MR) is 317 cm³/mol. The number of carbonyl (C=O) groups is 5. The van der Waals surface area contributed by atoms with Crippen LogP contribution in [-0.4, -0.2) is 104 Å². The molecule has 5 aliphatic carbocycles. The minimum absolute atomic E-state index is 0.0416. The number of allylic oxidation sites excluding steroid dienone is 2. The van der Waals surface area contributed by atoms with Crippen molar-refractivity contribution < 1.29 is 76.1 Å². The van der Waals surface area contributed by atoms with Crippen molar-refractivity contribution >= 4 is 29.8 Å². The Bertz CT molecular complexity index is 2920. The zero-order valence-corrected chi connectivity index (χ0v) is 52.4. The van der Waals surface area contributed by atoms with Crippen molar-refractivity contribution in [2.45, 2.75) is 222 Å². The Kier molecular flexibility index (Phi) is 18.9. The summed E-state index contributed by atoms with van der Waals surface area (Å²) in [4.78, 5) is 66.1. The van der Waals surface area contributed by atoms with Crippen LogP contribution in [0.15, 0.2) is 103 Å². The van der Waals surface area contributed by atoms with Crippen LogP contribution in [0.5, 0.6) is 0 Å². The molecule has 6 fully saturated rings. The van der Waals surface area contributed by atoms with Gasteiger partial charge < -0.3 is 52.1 Å². The molecule has 7 aliphatic rings. The molecule has 86 heavy (non-hydrogen) atoms. The SMILES string of the molecule is CC(=O)OC[C@H](OCc1ccccc1)[C@H](OCc1ccccc1)[C@@H](O[C@@H]1O[C@@H](C)[C@H](OC(C)=O)[C@@H](OC(C)=O)[C@H]1OC(C)=O)C1OC[C@@]2(C)[C@@H]3CC[C@]4(C)[C@H](CC=C5[C@@H]6CC(C)(C)CC[C@]6(C(=O)OCc6ccccc6)CC[C@]54C)[C@@]3(C)CC[C@@H]2O1. The average molecular weight is 1190 g/mol. The molecule has 0 N–H and O–H groups in total. The fraction of sp³-hybridized carbons (Fsp3) is 0.643. The van der Waals surface area contributed by atoms with E-state index in [4.69, 9.17) is 52.1 Å². The molecule has 3 aromatic carbocycles. The van der Waals surface area contributed by atoms with Gasteiger partial charge in [-0.3, -0.25) is 24.0 Å². The highest BCUT2D eigenvalue weighted by atomic mass is 16.8. The normalized spacial score (nSPS) is 36.2. The van der Waals surface area contributed by atoms with Gasteiger partial charge in [-0.15, -0.1) is 0 Å². The highest BCUT2D eigenvalue weighted by molar-refractivity contribution is 5.79. The largest absolute Gasteiger partial charge is 0.463 e. The van der Waals surface area contributed by atoms with Crippen molar-refractivity contribution in [3.05, 3.63) is 119 Å². The summed E-state index contributed by atoms with van der Waals surface area (Å²) in [7, 11) is 0. The third kappa shape index (κ3) is 12.6. The zero-order valence-electron chi connectivity index (χ0n) is 52.4. The van der Waals surface area contributed by atoms with Crippen LogP contribution in [0.1, 0.15) is 157 Å². The lowest BCUT2D eigenvalue weighted by Crippen LogP contribution is -2.68. The molecular weight excluding hydrogens is 1100 g/mol. The number of carbonyl (C=O) groups excluding carboxylic acids is 5. The Labute approximate surface area is 508 Å². The van der Waals surface area contributed by atoms with Crippen LogP contribution in [0, 0.1) is 50.2 Å². The molecule has 0 bridgehead atoms. The summed E-state index contributed by atoms with van der Waals surface area (Å²) < 4.78 is 71.8. The molecule has 0 aromatic heterocycles. The van der Waals surface area contributed by atoms with E-state index in [0.717, 1.165) is 74.5 Å². The Morgan fingerprint density at radius 2 is 1.17 bits per heavy atom. The van der Waals surface area contributed by atoms with Gasteiger partial charge >= 0.3 is 29.8 Å². The minimum Gasteiger partial charge on any atom is -0.463 e. The maximum absolute atomic E-state index is 14.7. The first kappa shape index (κ1) is 63.5. The van der Waals surface area contributed by atoms with Crippen molar-refractivity contribution in [2.24, 2.45) is 50.2 Å². The van der Waals surface area contributed by atoms with Gasteiger partial charge in [0, 0.05) is 33.1 Å². The topological polar surface area (TPSA) is 187 Å². The number of esters is 5. The van der Waals surface area contributed by atoms with Crippen LogP contribution >= 0.6 is 0 Å². The summed E-state index contributed by atoms with van der Waals surface area (Å²) in [6, 6.07) is 29.2. The monoisotopic (exact) mass is 1190 g/mol. The quantitative estimate of drug-likeness (QED) is 0.0626. The van der Waals surface area contributed by atoms with Crippen LogP contribution in [0.25, 0.3) is 0 Å². The summed E-state index contributed by atoms with van der Waals surface area (Å²) in [5.74, 6) is -2.07. The Balaban J connectivity index is 0.983. The molecule has 4 saturated carbocycles. The van der Waals surface area contributed by atoms with E-state index in [-0.39, 0.29) is 72.0 Å². The van der Waals surface area contributed by atoms with Gasteiger partial charge in [-0.05, 0) is 127 Å². The summed E-state index contributed by atoms with van der Waals surface area (Å²) in [5.41, 5.74) is 2.92. The van der Waals surface area contributed by atoms with E-state index < -0.39 is 90.0 Å². The second kappa shape index (κ2) is 25.5. The van der Waals surface area contributed by atoms with Crippen molar-refractivity contribution in [3.8, 4) is 0 Å². The summed E-state index contributed by atoms with van der Waals surface area (Å²) in [5, 5.41) is 0. The molecule has 2 saturated heterocycles. The van der Waals surface area contributed by atoms with E-state index in [2.05, 4.69) is 47.6 Å². The molecule has 0 radical (unpaired) electrons. The fourth-order valence-electron chi connectivity index (χ4n) is 17.2. The molecule has 1 unspecified atom stereocenters. The van der Waals surface area contributed by atoms with Crippen LogP contribution in [-0.2, 0) is 95.9 Å². The molecule has 2 heterocycles. The molecule has 16 nitrogen and oxygen atoms in total. The van der Waals surface area contributed by atoms with Crippen molar-refractivity contribution in [3.63, 3.8) is 0 Å². The first-order valence-corrected chi connectivity index (χ1v) is 31.4. The maximum Gasteiger partial charge on any atom is 0.313 e. The van der Waals surface area contributed by atoms with E-state index in [1.54, 1.807) is 6.92 Å². The van der Waals surface area contributed by atoms with Crippen molar-refractivity contribution in [1.82, 2.24) is 0 Å². The van der Waals surface area contributed by atoms with E-state index in [1.807, 2.05) is 91.0 Å². The lowest BCUT2D eigenvalue weighted by atomic mass is 9.33. The molecular formula is C70H92O16. The number of fused-ring (bicyclic) bond motifs is 9. The van der Waals surface area contributed by atoms with Gasteiger partial charge in [-0.2, -0.15) is 0 Å². The Hall–Kier alpha value is -5.49. The molecule has 16 heteroatoms. The summed E-state index contributed by atoms with van der Waals surface area (Å²) >= 11 is 0. The van der Waals surface area contributed by atoms with Crippen molar-refractivity contribution in [1.29, 1.82) is 0 Å². The fourth-order valence-corrected chi connectivity index (χ4v) is 17.2. The third-order valence-corrected chi connectivity index (χ3v) is 21.8. The van der Waals surface area contributed by atoms with Gasteiger partial charge in [0.15, 0.2) is 30.9 Å². The minimum atomic E-state index is -1.50. The van der Waals surface area contributed by atoms with Gasteiger partial charge in [0.2, 0.25) is 0 Å². The maximum atomic E-state index is 14.7. The van der Waals surface area contributed by atoms with Crippen LogP contribution in [0.2, 0.25) is 0 Å². The van der Waals surface area contributed by atoms with Gasteiger partial charge in [0.25, 0.3) is 0 Å². The lowest BCUT2D eigenvalue weighted by Gasteiger charge is -2.72. The average Bonchev–Trinajstić information content (AvgIpc) is 0.687. The highest BCUT2D eigenvalue weighted by Gasteiger charge is 2.71. The molecule has 468 valence electrons. The van der Waals surface area contributed by atoms with Gasteiger partial charge in [0.1, 0.15) is 31.5 Å². The molecule has 0 amide bonds. The third-order valence-electron chi connectivity index (χ3n) is 21.8. The Morgan fingerprint density at radius 1 is 0.593 bits per heavy atom. The van der Waals surface area contributed by atoms with E-state index in [0.29, 0.717) is 18.9 Å². The number of ether oxygens (including phenoxy) is 11. The second-order valence-electron chi connectivity index (χ2n) is 27.7. The zero-order chi connectivity index (χ0) is 61.4. The molecule has 3 aromatic rings. The molecule has 18 atom stereocenters. The number of rotatable bonds is 19. The summed E-state index contributed by atoms with van der Waals surface area (Å²) in [6.07, 6.45) is 0.131. The smallest absolute Gasteiger partial charge is 0.313 e. The van der Waals surface area contributed by atoms with Gasteiger partial charge in [0.05, 0.1) is 37.4 Å². The lowest BCUT2D eigenvalue weighted by molar-refractivity contribution is -0.378. The molecule has 10 rings (SSSR count). The number of benzene rings is 3. The summed E-state index contributed by atoms with van der Waals surface area (Å²) in [6.45, 7) is 21.8. The standard InChI is InChI=1S/C70H92O16/c1-43-57(82-45(3)72)59(83-46(4)73)61(84-47(5)74)63(81-43)86-60(58(78-39-49-23-17-13-18-24-49)53(41-76-44(2)71)77-38-48-21-15-12-16-22-48)62-80-42-67(9)54-29-32-69(11)55(66(54,8)31-30-56(67)85-62)28-27-51-52-37-65(6,7)33-35-70(52,36-34-68(51,69)10)64(75)79-40-50-25-19-14-20-26-50/h12-27,43,52-63H,28-42H2,1-11H3/t43-,52-,53-,54+,55+,56-,57-,58-,59+,60+,61+,62?,63-,66-,67-,68+,69+,70-/m0/s1. The first-order valence-electron chi connectivity index (χ1n) is 31.4. The van der Waals surface area contributed by atoms with E-state index >= 15 is 0 Å². The number of hydrogen-bond acceptors (Lipinski definition) is 16. The van der Waals surface area contributed by atoms with E-state index in [1.165, 1.54) is 33.3 Å². The first-order chi connectivity index (χ1) is 40.9. The highest BCUT2D eigenvalue weighted by Crippen LogP contribution is 2.76. The van der Waals surface area contributed by atoms with Crippen LogP contribution in [0.3, 0.4) is 0 Å². The predicted octanol–water partition coefficient (Wildman–Crippen LogP) is 11.9. The Morgan fingerprint density at radius 3 is 1.79 bits per heavy atom. The molecule has 0 spiro atoms. The van der Waals surface area contributed by atoms with Crippen molar-refractivity contribution in [2.75, 3.05) is 13.2 Å². The molecule has 2 aliphatic heterocycles. The van der Waals surface area contributed by atoms with Crippen LogP contribution < -0.4 is 0 Å². The van der Waals surface area contributed by atoms with Gasteiger partial charge in [-0.25, -0.2) is 0 Å². The van der Waals surface area contributed by atoms with E-state index in [9.17, 15) is 24.0 Å². The van der Waals surface area contributed by atoms with Gasteiger partial charge in [-0.1, -0.05) is 144 Å². The second-order valence-corrected chi connectivity index (χ2v) is 27.7.